The Hall–Kier alpha value is -0.0800. The molecule has 2 heterocycles. The molecule has 3 rings (SSSR count). The molecule has 0 aromatic carbocycles. The summed E-state index contributed by atoms with van der Waals surface area (Å²) in [5.41, 5.74) is 0. The second-order valence-electron chi connectivity index (χ2n) is 2.86. The Morgan fingerprint density at radius 3 is 2.75 bits per heavy atom. The number of hydrogen-bond donors (Lipinski definition) is 2. The zero-order chi connectivity index (χ0) is 5.56. The number of hydrogen-bond acceptors (Lipinski definition) is 2. The van der Waals surface area contributed by atoms with Gasteiger partial charge in [0.1, 0.15) is 0 Å². The van der Waals surface area contributed by atoms with Crippen molar-refractivity contribution >= 4 is 0 Å². The van der Waals surface area contributed by atoms with Crippen LogP contribution in [-0.4, -0.2) is 24.3 Å². The molecule has 2 heteroatoms. The fourth-order valence-electron chi connectivity index (χ4n) is 1.86. The van der Waals surface area contributed by atoms with E-state index in [1.807, 2.05) is 0 Å². The molecular weight excluding hydrogens is 102 g/mol. The molecule has 8 heavy (non-hydrogen) atoms. The maximum atomic E-state index is 8.73. The van der Waals surface area contributed by atoms with Crippen LogP contribution in [0.15, 0.2) is 0 Å². The van der Waals surface area contributed by atoms with E-state index in [-0.39, 0.29) is 0 Å². The predicted octanol–water partition coefficient (Wildman–Crippen LogP) is -0.413. The van der Waals surface area contributed by atoms with Crippen molar-refractivity contribution < 1.29 is 5.11 Å². The number of rotatable bonds is 1. The Labute approximate surface area is 48.9 Å². The van der Waals surface area contributed by atoms with Crippen LogP contribution in [0.2, 0.25) is 0 Å². The van der Waals surface area contributed by atoms with Gasteiger partial charge >= 0.3 is 0 Å². The van der Waals surface area contributed by atoms with Crippen molar-refractivity contribution in [2.75, 3.05) is 13.2 Å². The Balaban J connectivity index is 2.02. The first-order valence-electron chi connectivity index (χ1n) is 3.26. The first-order valence-corrected chi connectivity index (χ1v) is 3.26. The summed E-state index contributed by atoms with van der Waals surface area (Å²) in [6.45, 7) is 1.54. The van der Waals surface area contributed by atoms with Crippen LogP contribution < -0.4 is 5.32 Å². The van der Waals surface area contributed by atoms with Gasteiger partial charge in [-0.05, 0) is 18.9 Å². The van der Waals surface area contributed by atoms with E-state index in [9.17, 15) is 0 Å². The van der Waals surface area contributed by atoms with E-state index in [4.69, 9.17) is 5.11 Å². The minimum absolute atomic E-state index is 0.391. The Morgan fingerprint density at radius 2 is 2.50 bits per heavy atom. The molecule has 2 N–H and O–H groups in total. The van der Waals surface area contributed by atoms with Crippen molar-refractivity contribution in [2.45, 2.75) is 12.5 Å². The Bertz CT molecular complexity index is 90.7. The van der Waals surface area contributed by atoms with Crippen molar-refractivity contribution in [3.05, 3.63) is 0 Å². The van der Waals surface area contributed by atoms with Crippen molar-refractivity contribution in [3.63, 3.8) is 0 Å². The molecule has 2 nitrogen and oxygen atoms in total. The molecule has 0 unspecified atom stereocenters. The second-order valence-corrected chi connectivity index (χ2v) is 2.86. The van der Waals surface area contributed by atoms with Crippen LogP contribution in [-0.2, 0) is 0 Å². The molecule has 0 amide bonds. The highest BCUT2D eigenvalue weighted by Gasteiger charge is 2.45. The summed E-state index contributed by atoms with van der Waals surface area (Å²) in [4.78, 5) is 0. The van der Waals surface area contributed by atoms with E-state index in [1.165, 1.54) is 6.42 Å². The van der Waals surface area contributed by atoms with E-state index in [1.54, 1.807) is 0 Å². The highest BCUT2D eigenvalue weighted by molar-refractivity contribution is 5.01. The van der Waals surface area contributed by atoms with Gasteiger partial charge in [-0.25, -0.2) is 0 Å². The molecule has 2 bridgehead atoms. The molecule has 46 valence electrons. The highest BCUT2D eigenvalue weighted by atomic mass is 16.3. The van der Waals surface area contributed by atoms with Gasteiger partial charge in [-0.15, -0.1) is 0 Å². The van der Waals surface area contributed by atoms with Crippen molar-refractivity contribution in [1.29, 1.82) is 0 Å². The summed E-state index contributed by atoms with van der Waals surface area (Å²) in [5.74, 6) is 1.42. The van der Waals surface area contributed by atoms with Gasteiger partial charge in [0.05, 0.1) is 0 Å². The van der Waals surface area contributed by atoms with Crippen LogP contribution in [0.25, 0.3) is 0 Å². The van der Waals surface area contributed by atoms with E-state index in [0.717, 1.165) is 12.5 Å². The molecule has 0 spiro atoms. The fraction of sp³-hybridized carbons (Fsp3) is 1.00. The van der Waals surface area contributed by atoms with Gasteiger partial charge in [-0.3, -0.25) is 0 Å². The Kier molecular flexibility index (Phi) is 0.866. The summed E-state index contributed by atoms with van der Waals surface area (Å²) in [7, 11) is 0. The first kappa shape index (κ1) is 4.77. The van der Waals surface area contributed by atoms with Crippen LogP contribution in [0.3, 0.4) is 0 Å². The van der Waals surface area contributed by atoms with Gasteiger partial charge in [0.15, 0.2) is 0 Å². The van der Waals surface area contributed by atoms with Crippen LogP contribution in [0.4, 0.5) is 0 Å². The number of aliphatic hydroxyl groups is 1. The third-order valence-electron chi connectivity index (χ3n) is 2.53. The maximum Gasteiger partial charge on any atom is 0.0477 e. The van der Waals surface area contributed by atoms with Crippen LogP contribution in [0, 0.1) is 11.8 Å². The summed E-state index contributed by atoms with van der Waals surface area (Å²) in [6, 6.07) is 0.671. The molecule has 1 aliphatic carbocycles. The average molecular weight is 113 g/mol. The van der Waals surface area contributed by atoms with Gasteiger partial charge in [-0.2, -0.15) is 0 Å². The molecule has 0 aromatic heterocycles. The van der Waals surface area contributed by atoms with Crippen molar-refractivity contribution in [1.82, 2.24) is 5.32 Å². The zero-order valence-corrected chi connectivity index (χ0v) is 4.80. The molecule has 2 saturated heterocycles. The third-order valence-corrected chi connectivity index (χ3v) is 2.53. The molecule has 1 saturated carbocycles. The van der Waals surface area contributed by atoms with Crippen LogP contribution >= 0.6 is 0 Å². The lowest BCUT2D eigenvalue weighted by atomic mass is 9.75. The zero-order valence-electron chi connectivity index (χ0n) is 4.80. The van der Waals surface area contributed by atoms with Crippen LogP contribution in [0.1, 0.15) is 6.42 Å². The first-order chi connectivity index (χ1) is 3.92. The molecule has 3 atom stereocenters. The van der Waals surface area contributed by atoms with E-state index in [2.05, 4.69) is 5.32 Å². The lowest BCUT2D eigenvalue weighted by molar-refractivity contribution is 0.114. The van der Waals surface area contributed by atoms with Crippen LogP contribution in [0.5, 0.6) is 0 Å². The molecule has 3 fully saturated rings. The SMILES string of the molecule is OC[C@H]1[C@H]2CN[C@@H]1C2. The molecule has 0 radical (unpaired) electrons. The number of fused-ring (bicyclic) bond motifs is 1. The molecule has 2 aliphatic heterocycles. The average Bonchev–Trinajstić information content (AvgIpc) is 2.19. The number of aliphatic hydroxyl groups excluding tert-OH is 1. The van der Waals surface area contributed by atoms with Gasteiger partial charge in [0.25, 0.3) is 0 Å². The third kappa shape index (κ3) is 0.400. The second kappa shape index (κ2) is 1.45. The maximum absolute atomic E-state index is 8.73. The van der Waals surface area contributed by atoms with Gasteiger partial charge < -0.3 is 10.4 Å². The van der Waals surface area contributed by atoms with E-state index < -0.39 is 0 Å². The van der Waals surface area contributed by atoms with Gasteiger partial charge in [0.2, 0.25) is 0 Å². The summed E-state index contributed by atoms with van der Waals surface area (Å²) >= 11 is 0. The minimum atomic E-state index is 0.391. The molecular formula is C6H11NO. The lowest BCUT2D eigenvalue weighted by Crippen LogP contribution is -2.39. The smallest absolute Gasteiger partial charge is 0.0477 e. The normalized spacial score (nSPS) is 51.4. The van der Waals surface area contributed by atoms with Crippen molar-refractivity contribution in [3.8, 4) is 0 Å². The molecule has 3 aliphatic rings. The monoisotopic (exact) mass is 113 g/mol. The lowest BCUT2D eigenvalue weighted by Gasteiger charge is -2.32. The topological polar surface area (TPSA) is 32.3 Å². The van der Waals surface area contributed by atoms with E-state index >= 15 is 0 Å². The standard InChI is InChI=1S/C6H11NO/c8-3-5-4-1-6(5)7-2-4/h4-8H,1-3H2/t4-,5+,6-/m1/s1. The Morgan fingerprint density at radius 1 is 1.62 bits per heavy atom. The van der Waals surface area contributed by atoms with Crippen molar-refractivity contribution in [2.24, 2.45) is 11.8 Å². The highest BCUT2D eigenvalue weighted by Crippen LogP contribution is 2.39. The van der Waals surface area contributed by atoms with E-state index in [0.29, 0.717) is 18.6 Å². The predicted molar refractivity (Wildman–Crippen MR) is 30.5 cm³/mol. The summed E-state index contributed by atoms with van der Waals surface area (Å²) in [6.07, 6.45) is 1.31. The fourth-order valence-corrected chi connectivity index (χ4v) is 1.86. The van der Waals surface area contributed by atoms with Gasteiger partial charge in [-0.1, -0.05) is 0 Å². The minimum Gasteiger partial charge on any atom is -0.396 e. The number of nitrogens with one attached hydrogen (secondary N) is 1. The largest absolute Gasteiger partial charge is 0.396 e. The summed E-state index contributed by atoms with van der Waals surface area (Å²) < 4.78 is 0. The molecule has 0 aromatic rings. The van der Waals surface area contributed by atoms with Gasteiger partial charge in [0, 0.05) is 18.6 Å². The quantitative estimate of drug-likeness (QED) is 0.484. The summed E-state index contributed by atoms with van der Waals surface area (Å²) in [5, 5.41) is 12.1.